The molecule has 2 atom stereocenters. The molecule has 184 valence electrons. The number of amides is 1. The van der Waals surface area contributed by atoms with Crippen LogP contribution < -0.4 is 5.32 Å². The number of aromatic nitrogens is 2. The Labute approximate surface area is 213 Å². The number of thioether (sulfide) groups is 1. The van der Waals surface area contributed by atoms with Crippen molar-refractivity contribution < 1.29 is 19.1 Å². The van der Waals surface area contributed by atoms with Gasteiger partial charge in [0.2, 0.25) is 11.7 Å². The van der Waals surface area contributed by atoms with E-state index >= 15 is 0 Å². The number of hydrogen-bond donors (Lipinski definition) is 1. The SMILES string of the molecule is COC(=O)C(CC(C)C)NC(=O)C(C#N)C(=O)c1nn(-c2ccccc2)c2c1CSc1ccccc1-2. The first-order valence-electron chi connectivity index (χ1n) is 11.6. The normalized spacial score (nSPS) is 13.6. The molecular formula is C27H26N4O4S. The zero-order chi connectivity index (χ0) is 25.8. The first kappa shape index (κ1) is 25.2. The molecule has 1 N–H and O–H groups in total. The van der Waals surface area contributed by atoms with E-state index in [4.69, 9.17) is 4.74 Å². The highest BCUT2D eigenvalue weighted by Gasteiger charge is 2.37. The summed E-state index contributed by atoms with van der Waals surface area (Å²) in [5, 5.41) is 17.0. The lowest BCUT2D eigenvalue weighted by atomic mass is 9.96. The van der Waals surface area contributed by atoms with Crippen molar-refractivity contribution in [1.82, 2.24) is 15.1 Å². The summed E-state index contributed by atoms with van der Waals surface area (Å²) in [6.07, 6.45) is 0.316. The summed E-state index contributed by atoms with van der Waals surface area (Å²) in [5.74, 6) is -3.27. The van der Waals surface area contributed by atoms with Crippen LogP contribution in [0, 0.1) is 23.2 Å². The van der Waals surface area contributed by atoms with E-state index in [9.17, 15) is 19.6 Å². The fraction of sp³-hybridized carbons (Fsp3) is 0.296. The number of nitriles is 1. The van der Waals surface area contributed by atoms with Gasteiger partial charge in [-0.15, -0.1) is 11.8 Å². The molecule has 2 unspecified atom stereocenters. The molecule has 36 heavy (non-hydrogen) atoms. The van der Waals surface area contributed by atoms with E-state index < -0.39 is 29.6 Å². The van der Waals surface area contributed by atoms with E-state index in [-0.39, 0.29) is 11.6 Å². The smallest absolute Gasteiger partial charge is 0.328 e. The maximum Gasteiger partial charge on any atom is 0.328 e. The number of esters is 1. The second-order valence-corrected chi connectivity index (χ2v) is 9.87. The lowest BCUT2D eigenvalue weighted by Crippen LogP contribution is -2.46. The molecule has 0 aliphatic carbocycles. The topological polar surface area (TPSA) is 114 Å². The highest BCUT2D eigenvalue weighted by molar-refractivity contribution is 7.98. The lowest BCUT2D eigenvalue weighted by molar-refractivity contribution is -0.145. The van der Waals surface area contributed by atoms with Gasteiger partial charge in [0.05, 0.1) is 24.6 Å². The molecule has 2 aromatic carbocycles. The quantitative estimate of drug-likeness (QED) is 0.279. The fourth-order valence-corrected chi connectivity index (χ4v) is 5.28. The number of fused-ring (bicyclic) bond motifs is 3. The average Bonchev–Trinajstić information content (AvgIpc) is 3.28. The molecule has 4 rings (SSSR count). The number of rotatable bonds is 8. The highest BCUT2D eigenvalue weighted by atomic mass is 32.2. The summed E-state index contributed by atoms with van der Waals surface area (Å²) >= 11 is 1.57. The van der Waals surface area contributed by atoms with Crippen molar-refractivity contribution in [2.24, 2.45) is 11.8 Å². The number of ether oxygens (including phenoxy) is 1. The summed E-state index contributed by atoms with van der Waals surface area (Å²) in [5.41, 5.74) is 3.21. The van der Waals surface area contributed by atoms with Gasteiger partial charge in [-0.1, -0.05) is 50.2 Å². The Morgan fingerprint density at radius 3 is 2.50 bits per heavy atom. The molecule has 1 aliphatic rings. The number of nitrogens with zero attached hydrogens (tertiary/aromatic N) is 3. The Balaban J connectivity index is 1.74. The molecule has 8 nitrogen and oxygen atoms in total. The van der Waals surface area contributed by atoms with Gasteiger partial charge in [0.25, 0.3) is 0 Å². The van der Waals surface area contributed by atoms with Gasteiger partial charge < -0.3 is 10.1 Å². The highest BCUT2D eigenvalue weighted by Crippen LogP contribution is 2.43. The van der Waals surface area contributed by atoms with Crippen LogP contribution in [0.5, 0.6) is 0 Å². The van der Waals surface area contributed by atoms with E-state index in [0.717, 1.165) is 21.8 Å². The number of nitrogens with one attached hydrogen (secondary N) is 1. The molecule has 1 aromatic heterocycles. The minimum Gasteiger partial charge on any atom is -0.467 e. The Kier molecular flexibility index (Phi) is 7.55. The first-order valence-corrected chi connectivity index (χ1v) is 12.6. The van der Waals surface area contributed by atoms with Gasteiger partial charge in [-0.25, -0.2) is 9.48 Å². The maximum atomic E-state index is 13.6. The van der Waals surface area contributed by atoms with Gasteiger partial charge in [-0.05, 0) is 30.5 Å². The molecular weight excluding hydrogens is 476 g/mol. The lowest BCUT2D eigenvalue weighted by Gasteiger charge is -2.20. The molecule has 0 saturated heterocycles. The Bertz CT molecular complexity index is 1340. The van der Waals surface area contributed by atoms with Crippen molar-refractivity contribution in [2.75, 3.05) is 7.11 Å². The van der Waals surface area contributed by atoms with E-state index in [1.807, 2.05) is 74.5 Å². The van der Waals surface area contributed by atoms with Crippen molar-refractivity contribution in [2.45, 2.75) is 37.0 Å². The second-order valence-electron chi connectivity index (χ2n) is 8.85. The zero-order valence-electron chi connectivity index (χ0n) is 20.2. The fourth-order valence-electron chi connectivity index (χ4n) is 4.21. The van der Waals surface area contributed by atoms with E-state index in [1.165, 1.54) is 7.11 Å². The third-order valence-electron chi connectivity index (χ3n) is 5.89. The zero-order valence-corrected chi connectivity index (χ0v) is 21.0. The van der Waals surface area contributed by atoms with Crippen LogP contribution in [-0.2, 0) is 20.1 Å². The number of para-hydroxylation sites is 1. The minimum atomic E-state index is -1.66. The Hall–Kier alpha value is -3.90. The number of ketones is 1. The van der Waals surface area contributed by atoms with Gasteiger partial charge in [-0.2, -0.15) is 10.4 Å². The van der Waals surface area contributed by atoms with Gasteiger partial charge >= 0.3 is 5.97 Å². The number of methoxy groups -OCH3 is 1. The molecule has 0 radical (unpaired) electrons. The molecule has 0 saturated carbocycles. The molecule has 1 aliphatic heterocycles. The van der Waals surface area contributed by atoms with Crippen LogP contribution in [0.3, 0.4) is 0 Å². The standard InChI is InChI=1S/C27H26N4O4S/c1-16(2)13-21(27(34)35-3)29-26(33)19(14-28)25(32)23-20-15-36-22-12-8-7-11-18(22)24(20)31(30-23)17-9-5-4-6-10-17/h4-12,16,19,21H,13,15H2,1-3H3,(H,29,33). The van der Waals surface area contributed by atoms with Crippen molar-refractivity contribution in [3.05, 3.63) is 65.9 Å². The summed E-state index contributed by atoms with van der Waals surface area (Å²) < 4.78 is 6.49. The van der Waals surface area contributed by atoms with Crippen molar-refractivity contribution >= 4 is 29.4 Å². The predicted octanol–water partition coefficient (Wildman–Crippen LogP) is 4.17. The molecule has 2 heterocycles. The summed E-state index contributed by atoms with van der Waals surface area (Å²) in [6.45, 7) is 3.79. The third-order valence-corrected chi connectivity index (χ3v) is 6.99. The number of carbonyl (C=O) groups excluding carboxylic acids is 3. The largest absolute Gasteiger partial charge is 0.467 e. The molecule has 1 amide bonds. The van der Waals surface area contributed by atoms with E-state index in [0.29, 0.717) is 17.7 Å². The molecule has 0 spiro atoms. The van der Waals surface area contributed by atoms with Gasteiger partial charge in [0.1, 0.15) is 11.7 Å². The van der Waals surface area contributed by atoms with Gasteiger partial charge in [0.15, 0.2) is 5.92 Å². The number of Topliss-reactive ketones (excluding diaryl/α,β-unsaturated/α-hetero) is 1. The van der Waals surface area contributed by atoms with E-state index in [2.05, 4.69) is 10.4 Å². The number of carbonyl (C=O) groups is 3. The van der Waals surface area contributed by atoms with Crippen LogP contribution in [0.15, 0.2) is 59.5 Å². The second kappa shape index (κ2) is 10.8. The average molecular weight is 503 g/mol. The van der Waals surface area contributed by atoms with Crippen LogP contribution >= 0.6 is 11.8 Å². The number of hydrogen-bond acceptors (Lipinski definition) is 7. The van der Waals surface area contributed by atoms with Crippen molar-refractivity contribution in [1.29, 1.82) is 5.26 Å². The van der Waals surface area contributed by atoms with Gasteiger partial charge in [-0.3, -0.25) is 9.59 Å². The summed E-state index contributed by atoms with van der Waals surface area (Å²) in [4.78, 5) is 39.9. The Morgan fingerprint density at radius 1 is 1.14 bits per heavy atom. The van der Waals surface area contributed by atoms with Crippen LogP contribution in [0.2, 0.25) is 0 Å². The number of benzene rings is 2. The maximum absolute atomic E-state index is 13.6. The first-order chi connectivity index (χ1) is 17.3. The van der Waals surface area contributed by atoms with Crippen LogP contribution in [0.1, 0.15) is 36.3 Å². The molecule has 9 heteroatoms. The van der Waals surface area contributed by atoms with Crippen molar-refractivity contribution in [3.63, 3.8) is 0 Å². The van der Waals surface area contributed by atoms with Crippen LogP contribution in [-0.4, -0.2) is 40.6 Å². The van der Waals surface area contributed by atoms with Gasteiger partial charge in [0, 0.05) is 21.8 Å². The van der Waals surface area contributed by atoms with Crippen molar-refractivity contribution in [3.8, 4) is 23.0 Å². The summed E-state index contributed by atoms with van der Waals surface area (Å²) in [6, 6.07) is 18.1. The summed E-state index contributed by atoms with van der Waals surface area (Å²) in [7, 11) is 1.23. The Morgan fingerprint density at radius 2 is 1.83 bits per heavy atom. The monoisotopic (exact) mass is 502 g/mol. The van der Waals surface area contributed by atoms with Crippen LogP contribution in [0.4, 0.5) is 0 Å². The molecule has 0 bridgehead atoms. The molecule has 0 fully saturated rings. The molecule has 3 aromatic rings. The minimum absolute atomic E-state index is 0.0797. The van der Waals surface area contributed by atoms with Crippen LogP contribution in [0.25, 0.3) is 16.9 Å². The third kappa shape index (κ3) is 4.90. The predicted molar refractivity (Wildman–Crippen MR) is 135 cm³/mol. The van der Waals surface area contributed by atoms with E-state index in [1.54, 1.807) is 16.4 Å².